The number of oxazole rings is 1. The second-order valence-electron chi connectivity index (χ2n) is 9.32. The van der Waals surface area contributed by atoms with Crippen molar-refractivity contribution in [2.24, 2.45) is 5.14 Å². The van der Waals surface area contributed by atoms with Gasteiger partial charge in [-0.1, -0.05) is 18.2 Å². The number of benzene rings is 2. The van der Waals surface area contributed by atoms with Crippen LogP contribution in [0.25, 0.3) is 11.1 Å². The van der Waals surface area contributed by atoms with Crippen LogP contribution in [0.4, 0.5) is 9.18 Å². The van der Waals surface area contributed by atoms with E-state index in [2.05, 4.69) is 0 Å². The van der Waals surface area contributed by atoms with E-state index in [0.29, 0.717) is 19.5 Å². The Kier molecular flexibility index (Phi) is 5.81. The Morgan fingerprint density at radius 3 is 2.59 bits per heavy atom. The molecule has 3 aromatic rings. The summed E-state index contributed by atoms with van der Waals surface area (Å²) in [6.07, 6.45) is 0.187. The lowest BCUT2D eigenvalue weighted by Gasteiger charge is -2.33. The van der Waals surface area contributed by atoms with Gasteiger partial charge in [0, 0.05) is 13.1 Å². The molecule has 2 aromatic carbocycles. The van der Waals surface area contributed by atoms with Gasteiger partial charge in [-0.05, 0) is 62.9 Å². The maximum absolute atomic E-state index is 14.8. The maximum Gasteiger partial charge on any atom is 0.420 e. The molecule has 1 atom stereocenters. The van der Waals surface area contributed by atoms with Crippen LogP contribution < -0.4 is 10.9 Å². The molecule has 0 unspecified atom stereocenters. The molecule has 182 valence electrons. The van der Waals surface area contributed by atoms with Crippen molar-refractivity contribution in [2.45, 2.75) is 57.2 Å². The van der Waals surface area contributed by atoms with Crippen molar-refractivity contribution >= 4 is 27.2 Å². The molecule has 0 bridgehead atoms. The minimum absolute atomic E-state index is 0.0970. The Morgan fingerprint density at radius 1 is 1.24 bits per heavy atom. The van der Waals surface area contributed by atoms with Gasteiger partial charge in [0.1, 0.15) is 10.5 Å². The van der Waals surface area contributed by atoms with Crippen LogP contribution in [0, 0.1) is 5.82 Å². The van der Waals surface area contributed by atoms with Crippen molar-refractivity contribution in [1.29, 1.82) is 0 Å². The Labute approximate surface area is 196 Å². The van der Waals surface area contributed by atoms with Crippen molar-refractivity contribution in [3.8, 4) is 0 Å². The van der Waals surface area contributed by atoms with E-state index in [4.69, 9.17) is 14.3 Å². The van der Waals surface area contributed by atoms with E-state index >= 15 is 0 Å². The van der Waals surface area contributed by atoms with E-state index in [-0.39, 0.29) is 5.52 Å². The zero-order valence-electron chi connectivity index (χ0n) is 19.3. The number of rotatable bonds is 3. The van der Waals surface area contributed by atoms with E-state index in [0.717, 1.165) is 22.8 Å². The molecule has 0 spiro atoms. The number of carbonyl (C=O) groups excluding carboxylic acids is 1. The monoisotopic (exact) mass is 491 g/mol. The van der Waals surface area contributed by atoms with Crippen LogP contribution in [0.1, 0.15) is 50.4 Å². The number of hydrogen-bond acceptors (Lipinski definition) is 6. The highest BCUT2D eigenvalue weighted by Gasteiger charge is 2.30. The number of ether oxygens (including phenoxy) is 1. The van der Waals surface area contributed by atoms with Gasteiger partial charge in [-0.15, -0.1) is 0 Å². The number of halogens is 1. The minimum Gasteiger partial charge on any atom is -0.444 e. The summed E-state index contributed by atoms with van der Waals surface area (Å²) in [6.45, 7) is 7.94. The molecule has 1 aliphatic heterocycles. The lowest BCUT2D eigenvalue weighted by molar-refractivity contribution is 0.0223. The predicted octanol–water partition coefficient (Wildman–Crippen LogP) is 3.28. The number of amides is 1. The fourth-order valence-electron chi connectivity index (χ4n) is 4.26. The number of hydrogen-bond donors (Lipinski definition) is 1. The van der Waals surface area contributed by atoms with Crippen LogP contribution in [0.3, 0.4) is 0 Å². The van der Waals surface area contributed by atoms with Gasteiger partial charge in [-0.3, -0.25) is 4.57 Å². The zero-order chi connectivity index (χ0) is 25.0. The summed E-state index contributed by atoms with van der Waals surface area (Å²) in [6, 6.07) is 7.37. The second-order valence-corrected chi connectivity index (χ2v) is 10.9. The van der Waals surface area contributed by atoms with Gasteiger partial charge < -0.3 is 14.1 Å². The SMILES string of the molecule is C[C@H](c1cccc2c1CN(C(=O)OC(C)(C)C)CC2)n1c(=O)oc2c(F)c(S(N)(=O)=O)ccc21. The predicted molar refractivity (Wildman–Crippen MR) is 122 cm³/mol. The first-order valence-electron chi connectivity index (χ1n) is 10.7. The fraction of sp³-hybridized carbons (Fsp3) is 0.391. The molecule has 1 amide bonds. The van der Waals surface area contributed by atoms with Crippen molar-refractivity contribution < 1.29 is 26.8 Å². The van der Waals surface area contributed by atoms with Gasteiger partial charge in [-0.2, -0.15) is 0 Å². The van der Waals surface area contributed by atoms with Crippen molar-refractivity contribution in [3.05, 3.63) is 63.4 Å². The zero-order valence-corrected chi connectivity index (χ0v) is 20.1. The van der Waals surface area contributed by atoms with Crippen molar-refractivity contribution in [3.63, 3.8) is 0 Å². The Hall–Kier alpha value is -3.18. The lowest BCUT2D eigenvalue weighted by Crippen LogP contribution is -2.40. The summed E-state index contributed by atoms with van der Waals surface area (Å²) in [4.78, 5) is 26.2. The molecule has 2 N–H and O–H groups in total. The van der Waals surface area contributed by atoms with Crippen LogP contribution in [-0.4, -0.2) is 36.1 Å². The summed E-state index contributed by atoms with van der Waals surface area (Å²) in [5.41, 5.74) is 1.64. The summed E-state index contributed by atoms with van der Waals surface area (Å²) in [5, 5.41) is 5.06. The smallest absolute Gasteiger partial charge is 0.420 e. The average Bonchev–Trinajstić information content (AvgIpc) is 3.07. The van der Waals surface area contributed by atoms with Gasteiger partial charge in [0.25, 0.3) is 0 Å². The number of aromatic nitrogens is 1. The van der Waals surface area contributed by atoms with Gasteiger partial charge in [0.05, 0.1) is 11.6 Å². The number of nitrogens with zero attached hydrogens (tertiary/aromatic N) is 2. The van der Waals surface area contributed by atoms with Crippen LogP contribution >= 0.6 is 0 Å². The Morgan fingerprint density at radius 2 is 1.94 bits per heavy atom. The first kappa shape index (κ1) is 24.0. The van der Waals surface area contributed by atoms with Crippen molar-refractivity contribution in [2.75, 3.05) is 6.54 Å². The van der Waals surface area contributed by atoms with Crippen LogP contribution in [0.15, 0.2) is 44.4 Å². The molecule has 1 aliphatic rings. The molecule has 1 aromatic heterocycles. The van der Waals surface area contributed by atoms with E-state index in [1.165, 1.54) is 10.6 Å². The molecule has 0 radical (unpaired) electrons. The third kappa shape index (κ3) is 4.32. The third-order valence-electron chi connectivity index (χ3n) is 5.79. The normalized spacial score (nSPS) is 15.3. The molecule has 9 nitrogen and oxygen atoms in total. The first-order chi connectivity index (χ1) is 15.8. The standard InChI is InChI=1S/C23H26FN3O6S/c1-13(27-17-8-9-18(34(25,30)31)19(24)20(17)32-22(27)29)15-7-5-6-14-10-11-26(12-16(14)15)21(28)33-23(2,3)4/h5-9,13H,10-12H2,1-4H3,(H2,25,30,31)/t13-/m1/s1. The highest BCUT2D eigenvalue weighted by molar-refractivity contribution is 7.89. The summed E-state index contributed by atoms with van der Waals surface area (Å²) in [7, 11) is -4.34. The molecule has 2 heterocycles. The maximum atomic E-state index is 14.8. The number of primary sulfonamides is 1. The molecule has 0 saturated carbocycles. The molecule has 0 aliphatic carbocycles. The topological polar surface area (TPSA) is 125 Å². The highest BCUT2D eigenvalue weighted by Crippen LogP contribution is 2.32. The molecule has 0 saturated heterocycles. The van der Waals surface area contributed by atoms with Crippen LogP contribution in [0.2, 0.25) is 0 Å². The van der Waals surface area contributed by atoms with Gasteiger partial charge in [-0.25, -0.2) is 27.5 Å². The molecule has 11 heteroatoms. The highest BCUT2D eigenvalue weighted by atomic mass is 32.2. The average molecular weight is 492 g/mol. The molecule has 0 fully saturated rings. The van der Waals surface area contributed by atoms with Crippen molar-refractivity contribution in [1.82, 2.24) is 9.47 Å². The number of fused-ring (bicyclic) bond motifs is 2. The Balaban J connectivity index is 1.77. The van der Waals surface area contributed by atoms with Crippen LogP contribution in [-0.2, 0) is 27.7 Å². The largest absolute Gasteiger partial charge is 0.444 e. The van der Waals surface area contributed by atoms with E-state index < -0.39 is 49.8 Å². The van der Waals surface area contributed by atoms with E-state index in [1.54, 1.807) is 32.6 Å². The van der Waals surface area contributed by atoms with E-state index in [1.807, 2.05) is 18.2 Å². The lowest BCUT2D eigenvalue weighted by atomic mass is 9.91. The van der Waals surface area contributed by atoms with E-state index in [9.17, 15) is 22.4 Å². The molecular weight excluding hydrogens is 465 g/mol. The summed E-state index contributed by atoms with van der Waals surface area (Å²) >= 11 is 0. The molecular formula is C23H26FN3O6S. The van der Waals surface area contributed by atoms with Gasteiger partial charge >= 0.3 is 11.8 Å². The minimum atomic E-state index is -4.34. The molecule has 4 rings (SSSR count). The van der Waals surface area contributed by atoms with Crippen LogP contribution in [0.5, 0.6) is 0 Å². The molecule has 34 heavy (non-hydrogen) atoms. The van der Waals surface area contributed by atoms with Gasteiger partial charge in [0.2, 0.25) is 10.0 Å². The second kappa shape index (κ2) is 8.24. The first-order valence-corrected chi connectivity index (χ1v) is 12.3. The Bertz CT molecular complexity index is 1450. The fourth-order valence-corrected chi connectivity index (χ4v) is 4.86. The summed E-state index contributed by atoms with van der Waals surface area (Å²) in [5.74, 6) is -2.06. The third-order valence-corrected chi connectivity index (χ3v) is 6.72. The number of carbonyl (C=O) groups is 1. The van der Waals surface area contributed by atoms with Gasteiger partial charge in [0.15, 0.2) is 11.4 Å². The number of sulfonamides is 1. The number of nitrogens with two attached hydrogens (primary N) is 1. The quantitative estimate of drug-likeness (QED) is 0.599. The summed E-state index contributed by atoms with van der Waals surface area (Å²) < 4.78 is 50.0.